The first-order chi connectivity index (χ1) is 18.3. The van der Waals surface area contributed by atoms with Gasteiger partial charge in [-0.15, -0.1) is 0 Å². The number of fused-ring (bicyclic) bond motifs is 1. The second kappa shape index (κ2) is 8.99. The predicted octanol–water partition coefficient (Wildman–Crippen LogP) is 0.686. The summed E-state index contributed by atoms with van der Waals surface area (Å²) in [6.45, 7) is 1.52. The quantitative estimate of drug-likeness (QED) is 0.483. The van der Waals surface area contributed by atoms with E-state index in [0.29, 0.717) is 67.6 Å². The second-order valence-corrected chi connectivity index (χ2v) is 9.98. The molecule has 0 radical (unpaired) electrons. The van der Waals surface area contributed by atoms with E-state index in [1.807, 2.05) is 0 Å². The Morgan fingerprint density at radius 2 is 1.55 bits per heavy atom. The van der Waals surface area contributed by atoms with Gasteiger partial charge in [-0.05, 0) is 42.7 Å². The van der Waals surface area contributed by atoms with Crippen LogP contribution in [0.25, 0.3) is 0 Å². The summed E-state index contributed by atoms with van der Waals surface area (Å²) in [6, 6.07) is 11.0. The van der Waals surface area contributed by atoms with Crippen molar-refractivity contribution in [3.8, 4) is 23.0 Å². The summed E-state index contributed by atoms with van der Waals surface area (Å²) in [5.74, 6) is 0.506. The van der Waals surface area contributed by atoms with E-state index in [1.165, 1.54) is 0 Å². The van der Waals surface area contributed by atoms with Crippen LogP contribution in [0.4, 0.5) is 4.79 Å². The Labute approximate surface area is 217 Å². The number of barbiturate groups is 1. The highest BCUT2D eigenvalue weighted by Crippen LogP contribution is 2.44. The largest absolute Gasteiger partial charge is 0.457 e. The van der Waals surface area contributed by atoms with Gasteiger partial charge in [0, 0.05) is 37.7 Å². The first kappa shape index (κ1) is 24.2. The maximum absolute atomic E-state index is 13.4. The zero-order chi connectivity index (χ0) is 26.5. The third-order valence-electron chi connectivity index (χ3n) is 7.80. The minimum Gasteiger partial charge on any atom is -0.457 e. The number of urea groups is 1. The van der Waals surface area contributed by atoms with Crippen LogP contribution in [0.5, 0.6) is 23.0 Å². The van der Waals surface area contributed by atoms with Crippen molar-refractivity contribution in [3.63, 3.8) is 0 Å². The lowest BCUT2D eigenvalue weighted by molar-refractivity contribution is -0.157. The third kappa shape index (κ3) is 3.84. The molecule has 0 saturated carbocycles. The van der Waals surface area contributed by atoms with Gasteiger partial charge in [-0.3, -0.25) is 29.9 Å². The molecule has 12 nitrogen and oxygen atoms in total. The summed E-state index contributed by atoms with van der Waals surface area (Å²) in [4.78, 5) is 53.9. The lowest BCUT2D eigenvalue weighted by atomic mass is 9.70. The summed E-state index contributed by atoms with van der Waals surface area (Å²) in [5, 5.41) is 13.6. The number of hydrogen-bond donors (Lipinski definition) is 3. The molecular formula is C26H26N4O8. The van der Waals surface area contributed by atoms with E-state index in [2.05, 4.69) is 10.6 Å². The number of rotatable bonds is 5. The molecule has 5 amide bonds. The highest BCUT2D eigenvalue weighted by atomic mass is 16.7. The zero-order valence-electron chi connectivity index (χ0n) is 20.4. The minimum absolute atomic E-state index is 0.109. The maximum Gasteiger partial charge on any atom is 0.328 e. The lowest BCUT2D eigenvalue weighted by Gasteiger charge is -2.56. The summed E-state index contributed by atoms with van der Waals surface area (Å²) in [5.41, 5.74) is -1.45. The molecule has 3 fully saturated rings. The average Bonchev–Trinajstić information content (AvgIpc) is 3.36. The molecule has 0 aromatic heterocycles. The number of piperidine rings is 1. The van der Waals surface area contributed by atoms with Crippen molar-refractivity contribution in [2.75, 3.05) is 39.6 Å². The Morgan fingerprint density at radius 1 is 0.921 bits per heavy atom. The number of nitrogens with one attached hydrogen (secondary N) is 2. The van der Waals surface area contributed by atoms with E-state index < -0.39 is 30.0 Å². The summed E-state index contributed by atoms with van der Waals surface area (Å²) in [7, 11) is 0. The monoisotopic (exact) mass is 522 g/mol. The highest BCUT2D eigenvalue weighted by Gasteiger charge is 2.58. The molecule has 0 unspecified atom stereocenters. The van der Waals surface area contributed by atoms with Gasteiger partial charge in [0.05, 0.1) is 0 Å². The smallest absolute Gasteiger partial charge is 0.328 e. The van der Waals surface area contributed by atoms with Crippen molar-refractivity contribution in [1.82, 2.24) is 20.4 Å². The van der Waals surface area contributed by atoms with E-state index in [0.717, 1.165) is 0 Å². The molecule has 2 aromatic carbocycles. The van der Waals surface area contributed by atoms with Crippen LogP contribution in [-0.4, -0.2) is 78.2 Å². The summed E-state index contributed by atoms with van der Waals surface area (Å²) in [6.07, 6.45) is 1.31. The molecule has 4 heterocycles. The topological polar surface area (TPSA) is 147 Å². The number of amides is 5. The molecule has 6 rings (SSSR count). The molecule has 0 atom stereocenters. The average molecular weight is 523 g/mol. The third-order valence-corrected chi connectivity index (χ3v) is 7.80. The molecule has 0 aliphatic carbocycles. The Morgan fingerprint density at radius 3 is 2.21 bits per heavy atom. The van der Waals surface area contributed by atoms with Crippen molar-refractivity contribution in [2.24, 2.45) is 5.41 Å². The standard InChI is InChI=1S/C26H26N4O8/c31-12-21(32)29-13-25(14-29)7-9-30(10-8-25)26(22(33)27-24(35)28-23(26)34)16-1-3-17(4-2-16)38-18-5-6-19-20(11-18)37-15-36-19/h1-6,11,31H,7-10,12-15H2,(H2,27,28,33,34,35). The molecule has 4 aliphatic rings. The fraction of sp³-hybridized carbons (Fsp3) is 0.385. The van der Waals surface area contributed by atoms with Crippen LogP contribution in [0.2, 0.25) is 0 Å². The molecule has 0 bridgehead atoms. The van der Waals surface area contributed by atoms with Crippen LogP contribution in [-0.2, 0) is 19.9 Å². The Balaban J connectivity index is 1.24. The van der Waals surface area contributed by atoms with Crippen LogP contribution in [0.1, 0.15) is 18.4 Å². The first-order valence-corrected chi connectivity index (χ1v) is 12.3. The fourth-order valence-electron chi connectivity index (χ4n) is 5.77. The number of aliphatic hydroxyl groups excluding tert-OH is 1. The number of carbonyl (C=O) groups is 4. The Kier molecular flexibility index (Phi) is 5.73. The van der Waals surface area contributed by atoms with E-state index in [1.54, 1.807) is 52.3 Å². The number of imide groups is 2. The van der Waals surface area contributed by atoms with Gasteiger partial charge in [-0.1, -0.05) is 12.1 Å². The summed E-state index contributed by atoms with van der Waals surface area (Å²) >= 11 is 0. The van der Waals surface area contributed by atoms with Gasteiger partial charge in [-0.2, -0.15) is 0 Å². The fourth-order valence-corrected chi connectivity index (χ4v) is 5.77. The van der Waals surface area contributed by atoms with Gasteiger partial charge in [0.25, 0.3) is 11.8 Å². The number of benzene rings is 2. The first-order valence-electron chi connectivity index (χ1n) is 12.3. The van der Waals surface area contributed by atoms with Crippen molar-refractivity contribution >= 4 is 23.8 Å². The minimum atomic E-state index is -1.74. The zero-order valence-corrected chi connectivity index (χ0v) is 20.4. The SMILES string of the molecule is O=C1NC(=O)C(c2ccc(Oc3ccc4c(c3)OCO4)cc2)(N2CCC3(CC2)CN(C(=O)CO)C3)C(=O)N1. The molecule has 4 aliphatic heterocycles. The second-order valence-electron chi connectivity index (χ2n) is 9.98. The molecule has 3 N–H and O–H groups in total. The van der Waals surface area contributed by atoms with Crippen molar-refractivity contribution in [2.45, 2.75) is 18.4 Å². The number of nitrogens with zero attached hydrogens (tertiary/aromatic N) is 2. The molecule has 38 heavy (non-hydrogen) atoms. The van der Waals surface area contributed by atoms with E-state index in [4.69, 9.17) is 19.3 Å². The van der Waals surface area contributed by atoms with E-state index >= 15 is 0 Å². The van der Waals surface area contributed by atoms with Crippen LogP contribution < -0.4 is 24.8 Å². The van der Waals surface area contributed by atoms with Crippen molar-refractivity contribution in [1.29, 1.82) is 0 Å². The van der Waals surface area contributed by atoms with Crippen LogP contribution in [0.3, 0.4) is 0 Å². The van der Waals surface area contributed by atoms with Gasteiger partial charge in [-0.25, -0.2) is 4.79 Å². The maximum atomic E-state index is 13.4. The van der Waals surface area contributed by atoms with Crippen molar-refractivity contribution in [3.05, 3.63) is 48.0 Å². The number of likely N-dealkylation sites (tertiary alicyclic amines) is 2. The normalized spacial score (nSPS) is 21.5. The Hall–Kier alpha value is -4.16. The van der Waals surface area contributed by atoms with Gasteiger partial charge in [0.1, 0.15) is 18.1 Å². The number of aliphatic hydroxyl groups is 1. The predicted molar refractivity (Wildman–Crippen MR) is 129 cm³/mol. The van der Waals surface area contributed by atoms with E-state index in [-0.39, 0.29) is 18.1 Å². The van der Waals surface area contributed by atoms with Gasteiger partial charge >= 0.3 is 6.03 Å². The van der Waals surface area contributed by atoms with Gasteiger partial charge in [0.15, 0.2) is 11.5 Å². The molecule has 2 aromatic rings. The lowest BCUT2D eigenvalue weighted by Crippen LogP contribution is -2.73. The molecule has 1 spiro atoms. The molecular weight excluding hydrogens is 496 g/mol. The molecule has 198 valence electrons. The van der Waals surface area contributed by atoms with Crippen LogP contribution in [0, 0.1) is 5.41 Å². The highest BCUT2D eigenvalue weighted by molar-refractivity contribution is 6.22. The van der Waals surface area contributed by atoms with Crippen LogP contribution in [0.15, 0.2) is 42.5 Å². The number of carbonyl (C=O) groups excluding carboxylic acids is 4. The van der Waals surface area contributed by atoms with Gasteiger partial charge < -0.3 is 24.2 Å². The Bertz CT molecular complexity index is 1290. The summed E-state index contributed by atoms with van der Waals surface area (Å²) < 4.78 is 16.6. The van der Waals surface area contributed by atoms with Crippen LogP contribution >= 0.6 is 0 Å². The molecule has 12 heteroatoms. The molecule has 3 saturated heterocycles. The number of ether oxygens (including phenoxy) is 3. The van der Waals surface area contributed by atoms with Crippen molar-refractivity contribution < 1.29 is 38.5 Å². The number of hydrogen-bond acceptors (Lipinski definition) is 9. The van der Waals surface area contributed by atoms with E-state index in [9.17, 15) is 19.2 Å². The van der Waals surface area contributed by atoms with Gasteiger partial charge in [0.2, 0.25) is 18.2 Å².